The van der Waals surface area contributed by atoms with E-state index in [-0.39, 0.29) is 0 Å². The Bertz CT molecular complexity index is 426. The van der Waals surface area contributed by atoms with Gasteiger partial charge in [0.05, 0.1) is 17.9 Å². The van der Waals surface area contributed by atoms with Gasteiger partial charge in [-0.2, -0.15) is 5.26 Å². The van der Waals surface area contributed by atoms with Crippen molar-refractivity contribution >= 4 is 21.6 Å². The lowest BCUT2D eigenvalue weighted by molar-refractivity contribution is 0.206. The third kappa shape index (κ3) is 3.88. The summed E-state index contributed by atoms with van der Waals surface area (Å²) < 4.78 is 5.97. The number of nitrogens with zero attached hydrogens (tertiary/aromatic N) is 2. The van der Waals surface area contributed by atoms with Crippen LogP contribution in [0, 0.1) is 11.3 Å². The van der Waals surface area contributed by atoms with Crippen LogP contribution in [0.15, 0.2) is 35.3 Å². The Balaban J connectivity index is 3.00. The van der Waals surface area contributed by atoms with Crippen LogP contribution in [-0.4, -0.2) is 26.8 Å². The zero-order valence-corrected chi connectivity index (χ0v) is 11.4. The van der Waals surface area contributed by atoms with Crippen LogP contribution in [0.4, 0.5) is 5.69 Å². The molecule has 1 rings (SSSR count). The normalized spacial score (nSPS) is 9.71. The van der Waals surface area contributed by atoms with Crippen LogP contribution in [0.25, 0.3) is 0 Å². The van der Waals surface area contributed by atoms with Gasteiger partial charge in [-0.05, 0) is 18.2 Å². The third-order valence-electron chi connectivity index (χ3n) is 2.33. The molecular weight excluding hydrogens is 280 g/mol. The molecule has 0 saturated carbocycles. The molecule has 1 aromatic carbocycles. The monoisotopic (exact) mass is 294 g/mol. The van der Waals surface area contributed by atoms with Gasteiger partial charge in [-0.15, -0.1) is 6.58 Å². The van der Waals surface area contributed by atoms with E-state index in [4.69, 9.17) is 10.00 Å². The van der Waals surface area contributed by atoms with E-state index in [0.717, 1.165) is 16.7 Å². The molecule has 17 heavy (non-hydrogen) atoms. The first kappa shape index (κ1) is 13.8. The molecule has 0 fully saturated rings. The quantitative estimate of drug-likeness (QED) is 0.757. The van der Waals surface area contributed by atoms with Crippen LogP contribution in [0.2, 0.25) is 0 Å². The molecule has 90 valence electrons. The van der Waals surface area contributed by atoms with Crippen molar-refractivity contribution < 1.29 is 4.74 Å². The van der Waals surface area contributed by atoms with Crippen LogP contribution >= 0.6 is 15.9 Å². The minimum absolute atomic E-state index is 0.620. The molecule has 0 aliphatic heterocycles. The van der Waals surface area contributed by atoms with Gasteiger partial charge in [0.15, 0.2) is 0 Å². The Morgan fingerprint density at radius 3 is 2.94 bits per heavy atom. The van der Waals surface area contributed by atoms with E-state index in [1.165, 1.54) is 0 Å². The number of nitriles is 1. The summed E-state index contributed by atoms with van der Waals surface area (Å²) in [5, 5.41) is 9.13. The standard InChI is InChI=1S/C13H15BrN2O/c1-3-6-16(7-8-17-2)13-5-4-12(14)9-11(13)10-15/h3-5,9H,1,6-8H2,2H3. The highest BCUT2D eigenvalue weighted by Gasteiger charge is 2.10. The summed E-state index contributed by atoms with van der Waals surface area (Å²) in [4.78, 5) is 2.07. The second-order valence-electron chi connectivity index (χ2n) is 3.50. The van der Waals surface area contributed by atoms with Gasteiger partial charge >= 0.3 is 0 Å². The summed E-state index contributed by atoms with van der Waals surface area (Å²) in [5.74, 6) is 0. The number of benzene rings is 1. The number of ether oxygens (including phenoxy) is 1. The molecule has 4 heteroatoms. The highest BCUT2D eigenvalue weighted by Crippen LogP contribution is 2.23. The molecule has 0 atom stereocenters. The van der Waals surface area contributed by atoms with E-state index in [0.29, 0.717) is 18.7 Å². The van der Waals surface area contributed by atoms with Gasteiger partial charge < -0.3 is 9.64 Å². The zero-order chi connectivity index (χ0) is 12.7. The summed E-state index contributed by atoms with van der Waals surface area (Å²) >= 11 is 3.36. The van der Waals surface area contributed by atoms with Crippen molar-refractivity contribution in [2.75, 3.05) is 31.7 Å². The van der Waals surface area contributed by atoms with Gasteiger partial charge in [-0.1, -0.05) is 22.0 Å². The maximum atomic E-state index is 9.13. The van der Waals surface area contributed by atoms with Gasteiger partial charge in [0.1, 0.15) is 6.07 Å². The summed E-state index contributed by atoms with van der Waals surface area (Å²) in [7, 11) is 1.67. The van der Waals surface area contributed by atoms with E-state index in [1.807, 2.05) is 24.3 Å². The Kier molecular flexibility index (Phi) is 5.75. The largest absolute Gasteiger partial charge is 0.383 e. The van der Waals surface area contributed by atoms with Crippen molar-refractivity contribution in [3.63, 3.8) is 0 Å². The van der Waals surface area contributed by atoms with Crippen molar-refractivity contribution in [2.45, 2.75) is 0 Å². The zero-order valence-electron chi connectivity index (χ0n) is 9.82. The molecule has 0 amide bonds. The molecule has 0 heterocycles. The topological polar surface area (TPSA) is 36.3 Å². The number of methoxy groups -OCH3 is 1. The molecule has 1 aromatic rings. The Hall–Kier alpha value is -1.31. The van der Waals surface area contributed by atoms with E-state index >= 15 is 0 Å². The average Bonchev–Trinajstić information content (AvgIpc) is 2.34. The van der Waals surface area contributed by atoms with Crippen LogP contribution < -0.4 is 4.90 Å². The lowest BCUT2D eigenvalue weighted by atomic mass is 10.1. The van der Waals surface area contributed by atoms with Crippen molar-refractivity contribution in [3.8, 4) is 6.07 Å². The van der Waals surface area contributed by atoms with E-state index < -0.39 is 0 Å². The van der Waals surface area contributed by atoms with Gasteiger partial charge in [-0.25, -0.2) is 0 Å². The minimum atomic E-state index is 0.620. The molecule has 0 radical (unpaired) electrons. The third-order valence-corrected chi connectivity index (χ3v) is 2.83. The highest BCUT2D eigenvalue weighted by molar-refractivity contribution is 9.10. The summed E-state index contributed by atoms with van der Waals surface area (Å²) in [6.07, 6.45) is 1.82. The maximum Gasteiger partial charge on any atom is 0.101 e. The molecule has 0 N–H and O–H groups in total. The molecule has 0 bridgehead atoms. The van der Waals surface area contributed by atoms with Gasteiger partial charge in [0, 0.05) is 24.7 Å². The summed E-state index contributed by atoms with van der Waals surface area (Å²) in [6, 6.07) is 7.88. The second kappa shape index (κ2) is 7.10. The Morgan fingerprint density at radius 2 is 2.35 bits per heavy atom. The Labute approximate surface area is 110 Å². The Morgan fingerprint density at radius 1 is 1.59 bits per heavy atom. The summed E-state index contributed by atoms with van der Waals surface area (Å²) in [5.41, 5.74) is 1.56. The van der Waals surface area contributed by atoms with Crippen molar-refractivity contribution in [3.05, 3.63) is 40.9 Å². The minimum Gasteiger partial charge on any atom is -0.383 e. The highest BCUT2D eigenvalue weighted by atomic mass is 79.9. The van der Waals surface area contributed by atoms with Gasteiger partial charge in [0.25, 0.3) is 0 Å². The molecule has 0 saturated heterocycles. The molecule has 0 aliphatic carbocycles. The average molecular weight is 295 g/mol. The fraction of sp³-hybridized carbons (Fsp3) is 0.308. The van der Waals surface area contributed by atoms with Crippen LogP contribution in [0.3, 0.4) is 0 Å². The van der Waals surface area contributed by atoms with Crippen LogP contribution in [0.1, 0.15) is 5.56 Å². The first-order valence-corrected chi connectivity index (χ1v) is 6.06. The second-order valence-corrected chi connectivity index (χ2v) is 4.42. The SMILES string of the molecule is C=CCN(CCOC)c1ccc(Br)cc1C#N. The number of rotatable bonds is 6. The van der Waals surface area contributed by atoms with Gasteiger partial charge in [-0.3, -0.25) is 0 Å². The summed E-state index contributed by atoms with van der Waals surface area (Å²) in [6.45, 7) is 5.78. The van der Waals surface area contributed by atoms with E-state index in [9.17, 15) is 0 Å². The predicted octanol–water partition coefficient (Wildman–Crippen LogP) is 2.96. The molecular formula is C13H15BrN2O. The molecule has 0 aliphatic rings. The lowest BCUT2D eigenvalue weighted by Crippen LogP contribution is -2.28. The number of hydrogen-bond donors (Lipinski definition) is 0. The van der Waals surface area contributed by atoms with Crippen molar-refractivity contribution in [2.24, 2.45) is 0 Å². The lowest BCUT2D eigenvalue weighted by Gasteiger charge is -2.24. The van der Waals surface area contributed by atoms with Crippen molar-refractivity contribution in [1.29, 1.82) is 5.26 Å². The number of hydrogen-bond acceptors (Lipinski definition) is 3. The molecule has 3 nitrogen and oxygen atoms in total. The van der Waals surface area contributed by atoms with Crippen LogP contribution in [-0.2, 0) is 4.74 Å². The molecule has 0 unspecified atom stereocenters. The van der Waals surface area contributed by atoms with Crippen molar-refractivity contribution in [1.82, 2.24) is 0 Å². The molecule has 0 spiro atoms. The number of halogens is 1. The first-order chi connectivity index (χ1) is 8.22. The fourth-order valence-electron chi connectivity index (χ4n) is 1.54. The van der Waals surface area contributed by atoms with E-state index in [2.05, 4.69) is 33.5 Å². The smallest absolute Gasteiger partial charge is 0.101 e. The van der Waals surface area contributed by atoms with Crippen LogP contribution in [0.5, 0.6) is 0 Å². The fourth-order valence-corrected chi connectivity index (χ4v) is 1.90. The first-order valence-electron chi connectivity index (χ1n) is 5.27. The number of anilines is 1. The predicted molar refractivity (Wildman–Crippen MR) is 73.1 cm³/mol. The van der Waals surface area contributed by atoms with E-state index in [1.54, 1.807) is 7.11 Å². The molecule has 0 aromatic heterocycles. The van der Waals surface area contributed by atoms with Gasteiger partial charge in [0.2, 0.25) is 0 Å². The maximum absolute atomic E-state index is 9.13.